The van der Waals surface area contributed by atoms with Gasteiger partial charge in [0.05, 0.1) is 7.11 Å². The molecule has 2 heterocycles. The van der Waals surface area contributed by atoms with Gasteiger partial charge in [-0.25, -0.2) is 0 Å². The molecular formula is C20H31N3O2. The summed E-state index contributed by atoms with van der Waals surface area (Å²) in [6.07, 6.45) is 2.32. The van der Waals surface area contributed by atoms with Crippen LogP contribution >= 0.6 is 0 Å². The maximum atomic E-state index is 12.2. The molecular weight excluding hydrogens is 314 g/mol. The topological polar surface area (TPSA) is 53.6 Å². The van der Waals surface area contributed by atoms with Crippen molar-refractivity contribution < 1.29 is 9.53 Å². The number of hydrogen-bond donors (Lipinski definition) is 2. The van der Waals surface area contributed by atoms with Crippen LogP contribution in [0.3, 0.4) is 0 Å². The number of benzene rings is 1. The fraction of sp³-hybridized carbons (Fsp3) is 0.650. The molecule has 3 rings (SSSR count). The molecule has 0 spiro atoms. The number of carbonyl (C=O) groups excluding carboxylic acids is 1. The summed E-state index contributed by atoms with van der Waals surface area (Å²) in [6.45, 7) is 8.06. The Morgan fingerprint density at radius 3 is 2.52 bits per heavy atom. The first-order valence-corrected chi connectivity index (χ1v) is 9.49. The minimum atomic E-state index is 0.136. The number of piperidine rings is 1. The van der Waals surface area contributed by atoms with Crippen molar-refractivity contribution in [2.45, 2.75) is 26.3 Å². The largest absolute Gasteiger partial charge is 0.497 e. The smallest absolute Gasteiger partial charge is 0.223 e. The lowest BCUT2D eigenvalue weighted by Gasteiger charge is -2.34. The molecule has 0 aliphatic carbocycles. The molecule has 1 aromatic rings. The zero-order chi connectivity index (χ0) is 17.6. The first-order chi connectivity index (χ1) is 12.2. The highest BCUT2D eigenvalue weighted by molar-refractivity contribution is 5.78. The molecule has 1 atom stereocenters. The Bertz CT molecular complexity index is 549. The van der Waals surface area contributed by atoms with Gasteiger partial charge in [0.1, 0.15) is 5.75 Å². The molecule has 138 valence electrons. The van der Waals surface area contributed by atoms with Crippen LogP contribution in [0, 0.1) is 17.8 Å². The normalized spacial score (nSPS) is 20.7. The van der Waals surface area contributed by atoms with E-state index in [-0.39, 0.29) is 11.8 Å². The van der Waals surface area contributed by atoms with Gasteiger partial charge in [0.15, 0.2) is 0 Å². The fourth-order valence-electron chi connectivity index (χ4n) is 3.62. The van der Waals surface area contributed by atoms with Gasteiger partial charge >= 0.3 is 0 Å². The van der Waals surface area contributed by atoms with Crippen molar-refractivity contribution in [2.75, 3.05) is 39.8 Å². The summed E-state index contributed by atoms with van der Waals surface area (Å²) in [4.78, 5) is 14.7. The highest BCUT2D eigenvalue weighted by Crippen LogP contribution is 2.20. The minimum Gasteiger partial charge on any atom is -0.497 e. The first-order valence-electron chi connectivity index (χ1n) is 9.49. The third kappa shape index (κ3) is 4.95. The Morgan fingerprint density at radius 2 is 1.96 bits per heavy atom. The van der Waals surface area contributed by atoms with Crippen LogP contribution in [-0.4, -0.2) is 50.6 Å². The second-order valence-electron chi connectivity index (χ2n) is 7.52. The standard InChI is InChI=1S/C20H31N3O2/c1-15(18-12-21-13-18)20(24)22-11-16-7-9-23(10-8-16)14-17-3-5-19(25-2)6-4-17/h3-6,15-16,18,21H,7-14H2,1-2H3,(H,22,24). The maximum Gasteiger partial charge on any atom is 0.223 e. The second-order valence-corrected chi connectivity index (χ2v) is 7.52. The molecule has 1 unspecified atom stereocenters. The molecule has 5 nitrogen and oxygen atoms in total. The Morgan fingerprint density at radius 1 is 1.28 bits per heavy atom. The van der Waals surface area contributed by atoms with Gasteiger partial charge in [-0.3, -0.25) is 9.69 Å². The number of hydrogen-bond acceptors (Lipinski definition) is 4. The van der Waals surface area contributed by atoms with Gasteiger partial charge in [0.25, 0.3) is 0 Å². The molecule has 0 radical (unpaired) electrons. The third-order valence-electron chi connectivity index (χ3n) is 5.77. The maximum absolute atomic E-state index is 12.2. The van der Waals surface area contributed by atoms with Crippen LogP contribution in [0.15, 0.2) is 24.3 Å². The summed E-state index contributed by atoms with van der Waals surface area (Å²) >= 11 is 0. The predicted octanol–water partition coefficient (Wildman–Crippen LogP) is 1.88. The number of nitrogens with one attached hydrogen (secondary N) is 2. The van der Waals surface area contributed by atoms with E-state index in [0.717, 1.165) is 57.9 Å². The molecule has 1 amide bonds. The monoisotopic (exact) mass is 345 g/mol. The van der Waals surface area contributed by atoms with Crippen LogP contribution in [0.5, 0.6) is 5.75 Å². The minimum absolute atomic E-state index is 0.136. The lowest BCUT2D eigenvalue weighted by Crippen LogP contribution is -2.50. The van der Waals surface area contributed by atoms with Crippen molar-refractivity contribution in [2.24, 2.45) is 17.8 Å². The molecule has 1 aromatic carbocycles. The number of amides is 1. The van der Waals surface area contributed by atoms with E-state index in [0.29, 0.717) is 11.8 Å². The van der Waals surface area contributed by atoms with E-state index in [9.17, 15) is 4.79 Å². The lowest BCUT2D eigenvalue weighted by molar-refractivity contribution is -0.126. The van der Waals surface area contributed by atoms with Crippen LogP contribution in [0.4, 0.5) is 0 Å². The molecule has 2 saturated heterocycles. The van der Waals surface area contributed by atoms with Crippen molar-refractivity contribution in [3.05, 3.63) is 29.8 Å². The van der Waals surface area contributed by atoms with E-state index in [2.05, 4.69) is 34.6 Å². The highest BCUT2D eigenvalue weighted by atomic mass is 16.5. The summed E-state index contributed by atoms with van der Waals surface area (Å²) in [5.74, 6) is 2.41. The zero-order valence-electron chi connectivity index (χ0n) is 15.5. The summed E-state index contributed by atoms with van der Waals surface area (Å²) in [6, 6.07) is 8.33. The third-order valence-corrected chi connectivity index (χ3v) is 5.77. The fourth-order valence-corrected chi connectivity index (χ4v) is 3.62. The van der Waals surface area contributed by atoms with Crippen LogP contribution in [-0.2, 0) is 11.3 Å². The second kappa shape index (κ2) is 8.68. The number of likely N-dealkylation sites (tertiary alicyclic amines) is 1. The van der Waals surface area contributed by atoms with Gasteiger partial charge in [-0.1, -0.05) is 19.1 Å². The van der Waals surface area contributed by atoms with Crippen LogP contribution in [0.25, 0.3) is 0 Å². The van der Waals surface area contributed by atoms with Crippen LogP contribution in [0.2, 0.25) is 0 Å². The Kier molecular flexibility index (Phi) is 6.32. The van der Waals surface area contributed by atoms with E-state index >= 15 is 0 Å². The SMILES string of the molecule is COc1ccc(CN2CCC(CNC(=O)C(C)C3CNC3)CC2)cc1. The predicted molar refractivity (Wildman–Crippen MR) is 99.5 cm³/mol. The van der Waals surface area contributed by atoms with Gasteiger partial charge in [0.2, 0.25) is 5.91 Å². The van der Waals surface area contributed by atoms with E-state index in [4.69, 9.17) is 4.74 Å². The molecule has 0 saturated carbocycles. The Balaban J connectivity index is 1.35. The molecule has 25 heavy (non-hydrogen) atoms. The van der Waals surface area contributed by atoms with Crippen molar-refractivity contribution >= 4 is 5.91 Å². The van der Waals surface area contributed by atoms with E-state index in [1.165, 1.54) is 5.56 Å². The van der Waals surface area contributed by atoms with Crippen molar-refractivity contribution in [1.82, 2.24) is 15.5 Å². The quantitative estimate of drug-likeness (QED) is 0.792. The number of methoxy groups -OCH3 is 1. The van der Waals surface area contributed by atoms with Crippen LogP contribution in [0.1, 0.15) is 25.3 Å². The van der Waals surface area contributed by atoms with Crippen molar-refractivity contribution in [3.8, 4) is 5.75 Å². The summed E-state index contributed by atoms with van der Waals surface area (Å²) in [5.41, 5.74) is 1.33. The molecule has 2 aliphatic heterocycles. The highest BCUT2D eigenvalue weighted by Gasteiger charge is 2.29. The van der Waals surface area contributed by atoms with Crippen molar-refractivity contribution in [1.29, 1.82) is 0 Å². The lowest BCUT2D eigenvalue weighted by atomic mass is 9.88. The van der Waals surface area contributed by atoms with Gasteiger partial charge in [-0.05, 0) is 68.6 Å². The summed E-state index contributed by atoms with van der Waals surface area (Å²) in [5, 5.41) is 6.42. The van der Waals surface area contributed by atoms with E-state index in [1.807, 2.05) is 12.1 Å². The van der Waals surface area contributed by atoms with Gasteiger partial charge in [-0.15, -0.1) is 0 Å². The molecule has 2 N–H and O–H groups in total. The molecule has 0 aromatic heterocycles. The molecule has 5 heteroatoms. The molecule has 2 fully saturated rings. The number of carbonyl (C=O) groups is 1. The Labute approximate surface area is 151 Å². The number of ether oxygens (including phenoxy) is 1. The summed E-state index contributed by atoms with van der Waals surface area (Å²) in [7, 11) is 1.70. The average Bonchev–Trinajstić information content (AvgIpc) is 2.60. The van der Waals surface area contributed by atoms with Crippen LogP contribution < -0.4 is 15.4 Å². The van der Waals surface area contributed by atoms with Crippen molar-refractivity contribution in [3.63, 3.8) is 0 Å². The summed E-state index contributed by atoms with van der Waals surface area (Å²) < 4.78 is 5.21. The van der Waals surface area contributed by atoms with Gasteiger partial charge < -0.3 is 15.4 Å². The van der Waals surface area contributed by atoms with Gasteiger partial charge in [0, 0.05) is 19.0 Å². The number of rotatable bonds is 7. The average molecular weight is 345 g/mol. The molecule has 2 aliphatic rings. The molecule has 0 bridgehead atoms. The van der Waals surface area contributed by atoms with E-state index in [1.54, 1.807) is 7.11 Å². The Hall–Kier alpha value is -1.59. The van der Waals surface area contributed by atoms with E-state index < -0.39 is 0 Å². The van der Waals surface area contributed by atoms with Gasteiger partial charge in [-0.2, -0.15) is 0 Å². The number of nitrogens with zero attached hydrogens (tertiary/aromatic N) is 1. The zero-order valence-corrected chi connectivity index (χ0v) is 15.5. The first kappa shape index (κ1) is 18.2.